The number of rotatable bonds is 4. The molecule has 138 valence electrons. The van der Waals surface area contributed by atoms with Crippen LogP contribution in [0.3, 0.4) is 0 Å². The van der Waals surface area contributed by atoms with Gasteiger partial charge in [-0.25, -0.2) is 9.37 Å². The molecule has 1 fully saturated rings. The van der Waals surface area contributed by atoms with Gasteiger partial charge in [-0.2, -0.15) is 0 Å². The lowest BCUT2D eigenvalue weighted by Gasteiger charge is -2.34. The van der Waals surface area contributed by atoms with Gasteiger partial charge in [-0.15, -0.1) is 11.3 Å². The van der Waals surface area contributed by atoms with Crippen LogP contribution < -0.4 is 0 Å². The van der Waals surface area contributed by atoms with Crippen molar-refractivity contribution in [3.63, 3.8) is 0 Å². The normalized spacial score (nSPS) is 20.2. The van der Waals surface area contributed by atoms with Crippen LogP contribution in [0.1, 0.15) is 39.3 Å². The molecule has 0 radical (unpaired) electrons. The minimum atomic E-state index is -0.792. The van der Waals surface area contributed by atoms with E-state index in [9.17, 15) is 19.1 Å². The molecule has 0 bridgehead atoms. The highest BCUT2D eigenvalue weighted by molar-refractivity contribution is 7.13. The molecule has 5 nitrogen and oxygen atoms in total. The highest BCUT2D eigenvalue weighted by Crippen LogP contribution is 2.28. The van der Waals surface area contributed by atoms with Crippen LogP contribution in [0.15, 0.2) is 24.3 Å². The summed E-state index contributed by atoms with van der Waals surface area (Å²) in [5.41, 5.74) is 1.63. The number of piperidine rings is 1. The zero-order valence-corrected chi connectivity index (χ0v) is 15.6. The lowest BCUT2D eigenvalue weighted by atomic mass is 9.87. The van der Waals surface area contributed by atoms with Crippen LogP contribution >= 0.6 is 11.3 Å². The van der Waals surface area contributed by atoms with Crippen molar-refractivity contribution in [1.29, 1.82) is 0 Å². The summed E-state index contributed by atoms with van der Waals surface area (Å²) in [6.45, 7) is 4.58. The summed E-state index contributed by atoms with van der Waals surface area (Å²) in [6, 6.07) is 6.25. The number of hydrogen-bond acceptors (Lipinski definition) is 4. The van der Waals surface area contributed by atoms with E-state index < -0.39 is 11.9 Å². The summed E-state index contributed by atoms with van der Waals surface area (Å²) >= 11 is 1.36. The van der Waals surface area contributed by atoms with Gasteiger partial charge in [-0.3, -0.25) is 9.59 Å². The molecule has 0 saturated carbocycles. The molecule has 1 amide bonds. The average Bonchev–Trinajstić information content (AvgIpc) is 2.96. The maximum atomic E-state index is 13.0. The van der Waals surface area contributed by atoms with Crippen LogP contribution in [-0.4, -0.2) is 40.0 Å². The molecule has 1 aliphatic rings. The van der Waals surface area contributed by atoms with Gasteiger partial charge in [-0.1, -0.05) is 19.1 Å². The predicted octanol–water partition coefficient (Wildman–Crippen LogP) is 3.36. The lowest BCUT2D eigenvalue weighted by Crippen LogP contribution is -2.44. The first kappa shape index (κ1) is 18.5. The number of carbonyl (C=O) groups excluding carboxylic acids is 1. The summed E-state index contributed by atoms with van der Waals surface area (Å²) in [5, 5.41) is 10.0. The zero-order valence-electron chi connectivity index (χ0n) is 14.7. The zero-order chi connectivity index (χ0) is 18.8. The third-order valence-electron chi connectivity index (χ3n) is 4.81. The van der Waals surface area contributed by atoms with E-state index in [0.29, 0.717) is 36.5 Å². The molecule has 1 N–H and O–H groups in total. The number of thiazole rings is 1. The highest BCUT2D eigenvalue weighted by Gasteiger charge is 2.34. The summed E-state index contributed by atoms with van der Waals surface area (Å²) < 4.78 is 13.0. The lowest BCUT2D eigenvalue weighted by molar-refractivity contribution is -0.145. The summed E-state index contributed by atoms with van der Waals surface area (Å²) in [6.07, 6.45) is 1.03. The van der Waals surface area contributed by atoms with Gasteiger partial charge in [0, 0.05) is 19.5 Å². The first-order valence-corrected chi connectivity index (χ1v) is 9.39. The maximum absolute atomic E-state index is 13.0. The van der Waals surface area contributed by atoms with Crippen molar-refractivity contribution in [2.24, 2.45) is 11.8 Å². The van der Waals surface area contributed by atoms with Gasteiger partial charge in [0.25, 0.3) is 5.91 Å². The number of amides is 1. The number of nitrogens with zero attached hydrogens (tertiary/aromatic N) is 2. The van der Waals surface area contributed by atoms with Gasteiger partial charge >= 0.3 is 5.97 Å². The monoisotopic (exact) mass is 376 g/mol. The van der Waals surface area contributed by atoms with Crippen molar-refractivity contribution in [3.8, 4) is 0 Å². The van der Waals surface area contributed by atoms with Gasteiger partial charge in [0.1, 0.15) is 10.7 Å². The number of aliphatic carboxylic acids is 1. The van der Waals surface area contributed by atoms with Crippen molar-refractivity contribution >= 4 is 23.2 Å². The van der Waals surface area contributed by atoms with Crippen LogP contribution in [0.4, 0.5) is 4.39 Å². The fraction of sp³-hybridized carbons (Fsp3) is 0.421. The number of likely N-dealkylation sites (tertiary alicyclic amines) is 1. The number of benzene rings is 1. The molecule has 26 heavy (non-hydrogen) atoms. The van der Waals surface area contributed by atoms with E-state index >= 15 is 0 Å². The van der Waals surface area contributed by atoms with E-state index in [1.807, 2.05) is 13.8 Å². The van der Waals surface area contributed by atoms with Crippen molar-refractivity contribution in [3.05, 3.63) is 51.2 Å². The third-order valence-corrected chi connectivity index (χ3v) is 5.96. The molecule has 2 heterocycles. The Morgan fingerprint density at radius 3 is 2.65 bits per heavy atom. The molecule has 1 aromatic heterocycles. The molecule has 2 unspecified atom stereocenters. The Kier molecular flexibility index (Phi) is 5.36. The number of aryl methyl sites for hydroxylation is 1. The number of carbonyl (C=O) groups is 2. The number of carboxylic acid groups (broad SMARTS) is 1. The number of hydrogen-bond donors (Lipinski definition) is 1. The van der Waals surface area contributed by atoms with Crippen LogP contribution in [0.2, 0.25) is 0 Å². The predicted molar refractivity (Wildman–Crippen MR) is 96.9 cm³/mol. The topological polar surface area (TPSA) is 70.5 Å². The Morgan fingerprint density at radius 2 is 2.04 bits per heavy atom. The molecule has 2 aromatic rings. The second-order valence-corrected chi connectivity index (χ2v) is 7.87. The van der Waals surface area contributed by atoms with Crippen LogP contribution in [0.25, 0.3) is 0 Å². The highest BCUT2D eigenvalue weighted by atomic mass is 32.1. The molecular formula is C19H21FN2O3S. The Morgan fingerprint density at radius 1 is 1.35 bits per heavy atom. The molecule has 1 aromatic carbocycles. The van der Waals surface area contributed by atoms with Crippen molar-refractivity contribution < 1.29 is 19.1 Å². The minimum absolute atomic E-state index is 0.0721. The van der Waals surface area contributed by atoms with Gasteiger partial charge in [0.15, 0.2) is 0 Å². The molecule has 7 heteroatoms. The molecule has 1 aliphatic heterocycles. The summed E-state index contributed by atoms with van der Waals surface area (Å²) in [5.74, 6) is -1.62. The third kappa shape index (κ3) is 3.93. The quantitative estimate of drug-likeness (QED) is 0.888. The SMILES string of the molecule is Cc1nc(Cc2ccc(F)cc2)sc1C(=O)N1CCC(C(=O)O)C(C)C1. The standard InChI is InChI=1S/C19H21FN2O3S/c1-11-10-22(8-7-15(11)19(24)25)18(23)17-12(2)21-16(26-17)9-13-3-5-14(20)6-4-13/h3-6,11,15H,7-10H2,1-2H3,(H,24,25). The minimum Gasteiger partial charge on any atom is -0.481 e. The van der Waals surface area contributed by atoms with Crippen molar-refractivity contribution in [2.75, 3.05) is 13.1 Å². The maximum Gasteiger partial charge on any atom is 0.306 e. The summed E-state index contributed by atoms with van der Waals surface area (Å²) in [4.78, 5) is 30.9. The first-order chi connectivity index (χ1) is 12.3. The second-order valence-electron chi connectivity index (χ2n) is 6.79. The van der Waals surface area contributed by atoms with E-state index in [-0.39, 0.29) is 17.6 Å². The summed E-state index contributed by atoms with van der Waals surface area (Å²) in [7, 11) is 0. The Labute approximate surface area is 155 Å². The molecule has 2 atom stereocenters. The molecule has 0 spiro atoms. The second kappa shape index (κ2) is 7.53. The fourth-order valence-corrected chi connectivity index (χ4v) is 4.41. The van der Waals surface area contributed by atoms with Crippen molar-refractivity contribution in [2.45, 2.75) is 26.7 Å². The van der Waals surface area contributed by atoms with Crippen LogP contribution in [-0.2, 0) is 11.2 Å². The van der Waals surface area contributed by atoms with E-state index in [0.717, 1.165) is 10.6 Å². The van der Waals surface area contributed by atoms with E-state index in [1.165, 1.54) is 23.5 Å². The number of carboxylic acids is 1. The Hall–Kier alpha value is -2.28. The van der Waals surface area contributed by atoms with Crippen LogP contribution in [0.5, 0.6) is 0 Å². The fourth-order valence-electron chi connectivity index (χ4n) is 3.34. The first-order valence-electron chi connectivity index (χ1n) is 8.58. The van der Waals surface area contributed by atoms with Gasteiger partial charge in [0.2, 0.25) is 0 Å². The molecular weight excluding hydrogens is 355 g/mol. The van der Waals surface area contributed by atoms with E-state index in [2.05, 4.69) is 4.98 Å². The Bertz CT molecular complexity index is 819. The number of aromatic nitrogens is 1. The largest absolute Gasteiger partial charge is 0.481 e. The van der Waals surface area contributed by atoms with Crippen LogP contribution in [0, 0.1) is 24.6 Å². The smallest absolute Gasteiger partial charge is 0.306 e. The molecule has 1 saturated heterocycles. The van der Waals surface area contributed by atoms with Crippen molar-refractivity contribution in [1.82, 2.24) is 9.88 Å². The molecule has 3 rings (SSSR count). The van der Waals surface area contributed by atoms with Gasteiger partial charge in [0.05, 0.1) is 16.6 Å². The van der Waals surface area contributed by atoms with Gasteiger partial charge in [-0.05, 0) is 37.0 Å². The van der Waals surface area contributed by atoms with E-state index in [1.54, 1.807) is 17.0 Å². The molecule has 0 aliphatic carbocycles. The average molecular weight is 376 g/mol. The Balaban J connectivity index is 1.71. The number of halogens is 1. The van der Waals surface area contributed by atoms with E-state index in [4.69, 9.17) is 0 Å². The van der Waals surface area contributed by atoms with Gasteiger partial charge < -0.3 is 10.0 Å².